The van der Waals surface area contributed by atoms with E-state index in [0.717, 1.165) is 31.4 Å². The summed E-state index contributed by atoms with van der Waals surface area (Å²) in [5.74, 6) is -1.16. The van der Waals surface area contributed by atoms with Gasteiger partial charge in [-0.1, -0.05) is 11.6 Å². The summed E-state index contributed by atoms with van der Waals surface area (Å²) in [5.41, 5.74) is 8.02. The zero-order valence-corrected chi connectivity index (χ0v) is 21.1. The number of carbonyl (C=O) groups is 1. The number of nitrogens with two attached hydrogens (primary N) is 1. The number of anilines is 1. The minimum absolute atomic E-state index is 0.0642. The van der Waals surface area contributed by atoms with Crippen LogP contribution < -0.4 is 16.0 Å². The summed E-state index contributed by atoms with van der Waals surface area (Å²) < 4.78 is 30.6. The molecule has 1 aromatic carbocycles. The van der Waals surface area contributed by atoms with Crippen molar-refractivity contribution in [1.29, 1.82) is 0 Å². The van der Waals surface area contributed by atoms with Crippen LogP contribution in [0.1, 0.15) is 64.9 Å². The molecule has 3 atom stereocenters. The number of benzene rings is 1. The third kappa shape index (κ3) is 5.93. The maximum absolute atomic E-state index is 15.3. The first kappa shape index (κ1) is 25.8. The molecule has 1 saturated heterocycles. The Hall–Kier alpha value is -3.24. The number of rotatable bonds is 5. The van der Waals surface area contributed by atoms with Crippen molar-refractivity contribution in [2.45, 2.75) is 77.5 Å². The Balaban J connectivity index is 1.45. The average molecular weight is 504 g/mol. The van der Waals surface area contributed by atoms with Crippen LogP contribution in [-0.2, 0) is 9.63 Å². The van der Waals surface area contributed by atoms with Crippen LogP contribution in [0.15, 0.2) is 27.5 Å². The number of carbonyl (C=O) groups excluding carboxylic acids is 1. The molecule has 0 aromatic heterocycles. The molecule has 3 aliphatic rings. The van der Waals surface area contributed by atoms with Crippen LogP contribution in [-0.4, -0.2) is 66.0 Å². The minimum Gasteiger partial charge on any atom is -0.390 e. The number of nitrogens with zero attached hydrogens (tertiary/aromatic N) is 5. The summed E-state index contributed by atoms with van der Waals surface area (Å²) in [5, 5.41) is 15.2. The van der Waals surface area contributed by atoms with Crippen LogP contribution in [0.4, 0.5) is 14.5 Å². The Morgan fingerprint density at radius 2 is 1.81 bits per heavy atom. The predicted octanol–water partition coefficient (Wildman–Crippen LogP) is 3.13. The van der Waals surface area contributed by atoms with Crippen molar-refractivity contribution in [2.24, 2.45) is 21.1 Å². The van der Waals surface area contributed by atoms with E-state index in [2.05, 4.69) is 20.7 Å². The van der Waals surface area contributed by atoms with Crippen LogP contribution in [0.25, 0.3) is 0 Å². The highest BCUT2D eigenvalue weighted by Crippen LogP contribution is 2.32. The molecule has 36 heavy (non-hydrogen) atoms. The lowest BCUT2D eigenvalue weighted by atomic mass is 9.99. The molecule has 2 aliphatic heterocycles. The van der Waals surface area contributed by atoms with Crippen LogP contribution >= 0.6 is 0 Å². The van der Waals surface area contributed by atoms with Gasteiger partial charge in [-0.25, -0.2) is 8.78 Å². The zero-order valence-electron chi connectivity index (χ0n) is 21.1. The standard InChI is InChI=1S/C25H35F2N7O2/c1-15-13-33(25(28)31-30-19-7-5-4-6-8-19)14-16(2)34(15)24-21(26)9-18(10-22(24)27)23-11-20(36-32-23)12-29-17(3)35/h9-10,15-16,20H,4-8,11-14H2,1-3H3,(H2,28,31)(H,29,35). The number of guanidine groups is 1. The Bertz CT molecular complexity index is 1030. The Morgan fingerprint density at radius 3 is 2.42 bits per heavy atom. The first-order valence-electron chi connectivity index (χ1n) is 12.6. The molecular formula is C25H35F2N7O2. The number of amides is 1. The molecule has 2 fully saturated rings. The van der Waals surface area contributed by atoms with Gasteiger partial charge in [0.15, 0.2) is 0 Å². The number of halogens is 2. The fraction of sp³-hybridized carbons (Fsp3) is 0.600. The van der Waals surface area contributed by atoms with Gasteiger partial charge in [-0.05, 0) is 51.7 Å². The fourth-order valence-electron chi connectivity index (χ4n) is 5.14. The van der Waals surface area contributed by atoms with Crippen molar-refractivity contribution >= 4 is 29.0 Å². The van der Waals surface area contributed by atoms with E-state index in [-0.39, 0.29) is 36.3 Å². The summed E-state index contributed by atoms with van der Waals surface area (Å²) in [6.07, 6.45) is 5.40. The second-order valence-electron chi connectivity index (χ2n) is 9.89. The smallest absolute Gasteiger partial charge is 0.217 e. The molecule has 0 radical (unpaired) electrons. The lowest BCUT2D eigenvalue weighted by molar-refractivity contribution is -0.119. The molecule has 2 heterocycles. The number of hydrogen-bond donors (Lipinski definition) is 2. The molecule has 4 rings (SSSR count). The molecule has 1 aromatic rings. The van der Waals surface area contributed by atoms with Crippen LogP contribution in [0, 0.1) is 11.6 Å². The molecule has 3 N–H and O–H groups in total. The van der Waals surface area contributed by atoms with E-state index in [1.807, 2.05) is 18.7 Å². The Kier molecular flexibility index (Phi) is 8.05. The molecule has 196 valence electrons. The van der Waals surface area contributed by atoms with Gasteiger partial charge in [0.05, 0.1) is 12.3 Å². The highest BCUT2D eigenvalue weighted by Gasteiger charge is 2.34. The lowest BCUT2D eigenvalue weighted by Crippen LogP contribution is -2.60. The second-order valence-corrected chi connectivity index (χ2v) is 9.89. The van der Waals surface area contributed by atoms with Crippen molar-refractivity contribution in [3.8, 4) is 0 Å². The van der Waals surface area contributed by atoms with E-state index in [9.17, 15) is 4.79 Å². The van der Waals surface area contributed by atoms with Gasteiger partial charge in [-0.3, -0.25) is 4.79 Å². The Morgan fingerprint density at radius 1 is 1.17 bits per heavy atom. The van der Waals surface area contributed by atoms with Gasteiger partial charge in [0, 0.05) is 49.8 Å². The summed E-state index contributed by atoms with van der Waals surface area (Å²) in [6.45, 7) is 6.46. The molecule has 1 saturated carbocycles. The number of piperazine rings is 1. The largest absolute Gasteiger partial charge is 0.390 e. The van der Waals surface area contributed by atoms with Gasteiger partial charge >= 0.3 is 0 Å². The van der Waals surface area contributed by atoms with E-state index in [0.29, 0.717) is 36.7 Å². The second kappa shape index (κ2) is 11.2. The van der Waals surface area contributed by atoms with Crippen LogP contribution in [0.2, 0.25) is 0 Å². The van der Waals surface area contributed by atoms with E-state index in [1.165, 1.54) is 25.5 Å². The molecule has 0 spiro atoms. The maximum Gasteiger partial charge on any atom is 0.217 e. The van der Waals surface area contributed by atoms with Gasteiger partial charge in [0.1, 0.15) is 23.4 Å². The Labute approximate surface area is 210 Å². The fourth-order valence-corrected chi connectivity index (χ4v) is 5.14. The predicted molar refractivity (Wildman–Crippen MR) is 136 cm³/mol. The number of nitrogens with one attached hydrogen (secondary N) is 1. The van der Waals surface area contributed by atoms with E-state index < -0.39 is 11.6 Å². The van der Waals surface area contributed by atoms with Crippen molar-refractivity contribution in [1.82, 2.24) is 10.2 Å². The first-order valence-corrected chi connectivity index (χ1v) is 12.6. The quantitative estimate of drug-likeness (QED) is 0.365. The third-order valence-electron chi connectivity index (χ3n) is 6.89. The highest BCUT2D eigenvalue weighted by molar-refractivity contribution is 6.01. The summed E-state index contributed by atoms with van der Waals surface area (Å²) in [6, 6.07) is 2.16. The zero-order chi connectivity index (χ0) is 25.8. The summed E-state index contributed by atoms with van der Waals surface area (Å²) >= 11 is 0. The molecule has 1 amide bonds. The topological polar surface area (TPSA) is 108 Å². The van der Waals surface area contributed by atoms with E-state index in [1.54, 1.807) is 4.90 Å². The van der Waals surface area contributed by atoms with Gasteiger partial charge in [-0.15, -0.1) is 5.10 Å². The summed E-state index contributed by atoms with van der Waals surface area (Å²) in [7, 11) is 0. The molecule has 0 bridgehead atoms. The van der Waals surface area contributed by atoms with Gasteiger partial charge in [0.25, 0.3) is 0 Å². The molecular weight excluding hydrogens is 468 g/mol. The molecule has 9 nitrogen and oxygen atoms in total. The third-order valence-corrected chi connectivity index (χ3v) is 6.89. The van der Waals surface area contributed by atoms with Gasteiger partial charge in [-0.2, -0.15) is 5.10 Å². The van der Waals surface area contributed by atoms with Gasteiger partial charge in [0.2, 0.25) is 11.9 Å². The SMILES string of the molecule is CC(=O)NCC1CC(c2cc(F)c(N3C(C)CN(/C(N)=N/N=C4CCCCC4)CC3C)c(F)c2)=NO1. The normalized spacial score (nSPS) is 24.9. The van der Waals surface area contributed by atoms with Gasteiger partial charge < -0.3 is 25.7 Å². The number of hydrogen-bond acceptors (Lipinski definition) is 6. The maximum atomic E-state index is 15.3. The van der Waals surface area contributed by atoms with E-state index in [4.69, 9.17) is 10.6 Å². The van der Waals surface area contributed by atoms with Crippen molar-refractivity contribution in [2.75, 3.05) is 24.5 Å². The van der Waals surface area contributed by atoms with Crippen molar-refractivity contribution < 1.29 is 18.4 Å². The molecule has 1 aliphatic carbocycles. The van der Waals surface area contributed by atoms with Crippen LogP contribution in [0.5, 0.6) is 0 Å². The van der Waals surface area contributed by atoms with Crippen molar-refractivity contribution in [3.63, 3.8) is 0 Å². The highest BCUT2D eigenvalue weighted by atomic mass is 19.1. The molecule has 11 heteroatoms. The van der Waals surface area contributed by atoms with Crippen LogP contribution in [0.3, 0.4) is 0 Å². The minimum atomic E-state index is -0.657. The van der Waals surface area contributed by atoms with E-state index >= 15 is 8.78 Å². The average Bonchev–Trinajstić information content (AvgIpc) is 3.32. The summed E-state index contributed by atoms with van der Waals surface area (Å²) in [4.78, 5) is 20.1. The lowest BCUT2D eigenvalue weighted by Gasteiger charge is -2.46. The first-order chi connectivity index (χ1) is 17.2. The number of oxime groups is 1. The monoisotopic (exact) mass is 503 g/mol. The molecule has 3 unspecified atom stereocenters. The van der Waals surface area contributed by atoms with Crippen molar-refractivity contribution in [3.05, 3.63) is 29.3 Å².